The molecule has 0 spiro atoms. The summed E-state index contributed by atoms with van der Waals surface area (Å²) in [6.07, 6.45) is 3.00. The third-order valence-electron chi connectivity index (χ3n) is 3.59. The monoisotopic (exact) mass is 306 g/mol. The van der Waals surface area contributed by atoms with Crippen molar-refractivity contribution in [1.29, 1.82) is 0 Å². The number of carbonyl (C=O) groups is 1. The molecule has 1 amide bonds. The third kappa shape index (κ3) is 3.50. The van der Waals surface area contributed by atoms with Crippen molar-refractivity contribution >= 4 is 17.2 Å². The number of carbonyl (C=O) groups excluding carboxylic acids is 1. The minimum Gasteiger partial charge on any atom is -0.347 e. The van der Waals surface area contributed by atoms with Gasteiger partial charge in [0.1, 0.15) is 18.7 Å². The molecule has 0 aromatic carbocycles. The van der Waals surface area contributed by atoms with Gasteiger partial charge < -0.3 is 5.32 Å². The van der Waals surface area contributed by atoms with Crippen molar-refractivity contribution in [2.24, 2.45) is 5.92 Å². The molecule has 2 aromatic rings. The molecule has 2 aromatic heterocycles. The average molecular weight is 306 g/mol. The molecule has 0 aliphatic carbocycles. The lowest BCUT2D eigenvalue weighted by Crippen LogP contribution is -2.36. The maximum absolute atomic E-state index is 12.5. The maximum atomic E-state index is 12.5. The van der Waals surface area contributed by atoms with E-state index in [-0.39, 0.29) is 18.0 Å². The number of amides is 1. The number of aromatic nitrogens is 3. The quantitative estimate of drug-likeness (QED) is 0.923. The van der Waals surface area contributed by atoms with E-state index in [4.69, 9.17) is 0 Å². The Kier molecular flexibility index (Phi) is 4.77. The molecule has 2 heterocycles. The molecule has 5 nitrogen and oxygen atoms in total. The standard InChI is InChI=1S/C15H22N4OS/c1-9(2)14(13-6-10(3)21-12(13)5)18-15(20)11(4)19-8-16-7-17-19/h6-9,11,14H,1-5H3,(H,18,20). The zero-order valence-corrected chi connectivity index (χ0v) is 13.9. The lowest BCUT2D eigenvalue weighted by atomic mass is 9.96. The van der Waals surface area contributed by atoms with Gasteiger partial charge in [0.2, 0.25) is 5.91 Å². The number of hydrogen-bond donors (Lipinski definition) is 1. The van der Waals surface area contributed by atoms with E-state index < -0.39 is 0 Å². The number of hydrogen-bond acceptors (Lipinski definition) is 4. The van der Waals surface area contributed by atoms with Crippen molar-refractivity contribution in [3.63, 3.8) is 0 Å². The molecule has 2 rings (SSSR count). The maximum Gasteiger partial charge on any atom is 0.245 e. The van der Waals surface area contributed by atoms with E-state index in [0.29, 0.717) is 5.92 Å². The molecule has 0 radical (unpaired) electrons. The summed E-state index contributed by atoms with van der Waals surface area (Å²) in [6.45, 7) is 10.3. The highest BCUT2D eigenvalue weighted by atomic mass is 32.1. The number of nitrogens with zero attached hydrogens (tertiary/aromatic N) is 3. The summed E-state index contributed by atoms with van der Waals surface area (Å²) in [5, 5.41) is 7.18. The van der Waals surface area contributed by atoms with Crippen LogP contribution in [0.3, 0.4) is 0 Å². The van der Waals surface area contributed by atoms with Crippen molar-refractivity contribution < 1.29 is 4.79 Å². The second-order valence-corrected chi connectivity index (χ2v) is 7.11. The summed E-state index contributed by atoms with van der Waals surface area (Å²) >= 11 is 1.77. The van der Waals surface area contributed by atoms with Crippen LogP contribution in [0.25, 0.3) is 0 Å². The molecular formula is C15H22N4OS. The Morgan fingerprint density at radius 2 is 2.05 bits per heavy atom. The Labute approximate surface area is 129 Å². The lowest BCUT2D eigenvalue weighted by Gasteiger charge is -2.24. The fourth-order valence-electron chi connectivity index (χ4n) is 2.37. The number of nitrogens with one attached hydrogen (secondary N) is 1. The molecule has 0 aliphatic heterocycles. The van der Waals surface area contributed by atoms with Crippen molar-refractivity contribution in [2.45, 2.75) is 46.7 Å². The van der Waals surface area contributed by atoms with Gasteiger partial charge in [0, 0.05) is 9.75 Å². The first-order chi connectivity index (χ1) is 9.90. The van der Waals surface area contributed by atoms with E-state index in [0.717, 1.165) is 0 Å². The van der Waals surface area contributed by atoms with Crippen LogP contribution in [-0.2, 0) is 4.79 Å². The normalized spacial score (nSPS) is 14.2. The first-order valence-corrected chi connectivity index (χ1v) is 7.93. The molecule has 0 bridgehead atoms. The van der Waals surface area contributed by atoms with E-state index >= 15 is 0 Å². The van der Waals surface area contributed by atoms with Crippen molar-refractivity contribution in [2.75, 3.05) is 0 Å². The molecule has 1 N–H and O–H groups in total. The van der Waals surface area contributed by atoms with Gasteiger partial charge in [-0.2, -0.15) is 5.10 Å². The van der Waals surface area contributed by atoms with Crippen LogP contribution >= 0.6 is 11.3 Å². The second-order valence-electron chi connectivity index (χ2n) is 5.65. The Bertz CT molecular complexity index is 603. The lowest BCUT2D eigenvalue weighted by molar-refractivity contribution is -0.125. The molecule has 0 fully saturated rings. The van der Waals surface area contributed by atoms with Crippen LogP contribution in [0, 0.1) is 19.8 Å². The Morgan fingerprint density at radius 1 is 1.33 bits per heavy atom. The SMILES string of the molecule is Cc1cc(C(NC(=O)C(C)n2cncn2)C(C)C)c(C)s1. The Morgan fingerprint density at radius 3 is 2.52 bits per heavy atom. The summed E-state index contributed by atoms with van der Waals surface area (Å²) < 4.78 is 1.57. The van der Waals surface area contributed by atoms with Gasteiger partial charge in [-0.15, -0.1) is 11.3 Å². The molecule has 0 saturated carbocycles. The smallest absolute Gasteiger partial charge is 0.245 e. The van der Waals surface area contributed by atoms with Crippen LogP contribution in [0.1, 0.15) is 48.2 Å². The first-order valence-electron chi connectivity index (χ1n) is 7.11. The fourth-order valence-corrected chi connectivity index (χ4v) is 3.35. The van der Waals surface area contributed by atoms with Gasteiger partial charge >= 0.3 is 0 Å². The van der Waals surface area contributed by atoms with E-state index in [1.807, 2.05) is 6.92 Å². The molecule has 2 unspecified atom stereocenters. The van der Waals surface area contributed by atoms with E-state index in [2.05, 4.69) is 49.2 Å². The molecular weight excluding hydrogens is 284 g/mol. The van der Waals surface area contributed by atoms with Crippen LogP contribution in [0.4, 0.5) is 0 Å². The summed E-state index contributed by atoms with van der Waals surface area (Å²) in [5.41, 5.74) is 1.21. The highest BCUT2D eigenvalue weighted by Gasteiger charge is 2.24. The minimum atomic E-state index is -0.367. The zero-order chi connectivity index (χ0) is 15.6. The van der Waals surface area contributed by atoms with E-state index in [1.54, 1.807) is 22.3 Å². The number of thiophene rings is 1. The van der Waals surface area contributed by atoms with Crippen LogP contribution in [-0.4, -0.2) is 20.7 Å². The van der Waals surface area contributed by atoms with Gasteiger partial charge in [-0.25, -0.2) is 9.67 Å². The van der Waals surface area contributed by atoms with Gasteiger partial charge in [0.15, 0.2) is 0 Å². The van der Waals surface area contributed by atoms with Crippen molar-refractivity contribution in [3.8, 4) is 0 Å². The predicted octanol–water partition coefficient (Wildman–Crippen LogP) is 3.03. The van der Waals surface area contributed by atoms with Gasteiger partial charge in [0.05, 0.1) is 6.04 Å². The van der Waals surface area contributed by atoms with Crippen LogP contribution in [0.2, 0.25) is 0 Å². The molecule has 6 heteroatoms. The molecule has 21 heavy (non-hydrogen) atoms. The molecule has 0 aliphatic rings. The van der Waals surface area contributed by atoms with Gasteiger partial charge in [-0.05, 0) is 38.3 Å². The first kappa shape index (κ1) is 15.7. The van der Waals surface area contributed by atoms with E-state index in [9.17, 15) is 4.79 Å². The Hall–Kier alpha value is -1.69. The minimum absolute atomic E-state index is 0.0217. The van der Waals surface area contributed by atoms with E-state index in [1.165, 1.54) is 21.6 Å². The topological polar surface area (TPSA) is 59.8 Å². The second kappa shape index (κ2) is 6.39. The van der Waals surface area contributed by atoms with Crippen molar-refractivity contribution in [1.82, 2.24) is 20.1 Å². The summed E-state index contributed by atoms with van der Waals surface area (Å²) in [7, 11) is 0. The highest BCUT2D eigenvalue weighted by molar-refractivity contribution is 7.12. The Balaban J connectivity index is 2.17. The van der Waals surface area contributed by atoms with Crippen LogP contribution < -0.4 is 5.32 Å². The number of rotatable bonds is 5. The molecule has 2 atom stereocenters. The molecule has 114 valence electrons. The highest BCUT2D eigenvalue weighted by Crippen LogP contribution is 2.31. The van der Waals surface area contributed by atoms with Gasteiger partial charge in [0.25, 0.3) is 0 Å². The van der Waals surface area contributed by atoms with Gasteiger partial charge in [-0.3, -0.25) is 4.79 Å². The fraction of sp³-hybridized carbons (Fsp3) is 0.533. The van der Waals surface area contributed by atoms with Crippen LogP contribution in [0.15, 0.2) is 18.7 Å². The average Bonchev–Trinajstić information content (AvgIpc) is 3.04. The largest absolute Gasteiger partial charge is 0.347 e. The molecule has 0 saturated heterocycles. The summed E-state index contributed by atoms with van der Waals surface area (Å²) in [5.74, 6) is 0.284. The van der Waals surface area contributed by atoms with Gasteiger partial charge in [-0.1, -0.05) is 13.8 Å². The third-order valence-corrected chi connectivity index (χ3v) is 4.57. The predicted molar refractivity (Wildman–Crippen MR) is 84.2 cm³/mol. The zero-order valence-electron chi connectivity index (χ0n) is 13.1. The summed E-state index contributed by atoms with van der Waals surface area (Å²) in [6, 6.07) is 1.83. The number of aryl methyl sites for hydroxylation is 2. The van der Waals surface area contributed by atoms with Crippen LogP contribution in [0.5, 0.6) is 0 Å². The summed E-state index contributed by atoms with van der Waals surface area (Å²) in [4.78, 5) is 18.9. The van der Waals surface area contributed by atoms with Crippen molar-refractivity contribution in [3.05, 3.63) is 34.0 Å².